The number of benzene rings is 2. The number of para-hydroxylation sites is 1. The maximum absolute atomic E-state index is 14.6. The van der Waals surface area contributed by atoms with Gasteiger partial charge in [-0.1, -0.05) is 30.3 Å². The molecule has 1 aliphatic heterocycles. The number of aromatic nitrogens is 3. The van der Waals surface area contributed by atoms with Gasteiger partial charge < -0.3 is 24.9 Å². The van der Waals surface area contributed by atoms with Gasteiger partial charge in [0, 0.05) is 64.0 Å². The van der Waals surface area contributed by atoms with E-state index in [1.165, 1.54) is 6.07 Å². The van der Waals surface area contributed by atoms with Crippen LogP contribution in [0.15, 0.2) is 65.6 Å². The molecule has 1 amide bonds. The molecule has 1 saturated heterocycles. The van der Waals surface area contributed by atoms with Crippen LogP contribution < -0.4 is 11.3 Å². The smallest absolute Gasteiger partial charge is 0.248 e. The second kappa shape index (κ2) is 12.6. The zero-order valence-corrected chi connectivity index (χ0v) is 22.8. The van der Waals surface area contributed by atoms with Gasteiger partial charge >= 0.3 is 0 Å². The highest BCUT2D eigenvalue weighted by Crippen LogP contribution is 2.31. The summed E-state index contributed by atoms with van der Waals surface area (Å²) in [5.41, 5.74) is 10.3. The summed E-state index contributed by atoms with van der Waals surface area (Å²) in [6.45, 7) is 2.52. The third-order valence-electron chi connectivity index (χ3n) is 7.63. The van der Waals surface area contributed by atoms with Gasteiger partial charge in [0.15, 0.2) is 5.82 Å². The molecular formula is C31H36FN5O3. The number of aryl methyl sites for hydroxylation is 1. The summed E-state index contributed by atoms with van der Waals surface area (Å²) in [6, 6.07) is 16.1. The highest BCUT2D eigenvalue weighted by atomic mass is 19.1. The Labute approximate surface area is 233 Å². The minimum Gasteiger partial charge on any atom is -0.385 e. The van der Waals surface area contributed by atoms with Crippen molar-refractivity contribution in [2.24, 2.45) is 5.73 Å². The van der Waals surface area contributed by atoms with Crippen molar-refractivity contribution in [1.82, 2.24) is 19.4 Å². The molecule has 2 atom stereocenters. The van der Waals surface area contributed by atoms with Gasteiger partial charge in [-0.2, -0.15) is 0 Å². The van der Waals surface area contributed by atoms with Gasteiger partial charge in [-0.3, -0.25) is 9.59 Å². The van der Waals surface area contributed by atoms with Gasteiger partial charge in [0.2, 0.25) is 11.5 Å². The summed E-state index contributed by atoms with van der Waals surface area (Å²) in [5.74, 6) is 0.564. The van der Waals surface area contributed by atoms with E-state index in [0.717, 1.165) is 47.3 Å². The number of piperidine rings is 1. The SMILES string of the molecule is COCCCn1c([C@@H]2CCCN(C(=O)C[C@H](N)Cc3ccc(-c4cc[nH]c(=O)c4)cc3)C2)nc2c(F)cccc21. The number of nitrogens with two attached hydrogens (primary N) is 1. The third-order valence-corrected chi connectivity index (χ3v) is 7.63. The van der Waals surface area contributed by atoms with E-state index in [-0.39, 0.29) is 35.7 Å². The van der Waals surface area contributed by atoms with Crippen molar-refractivity contribution in [3.63, 3.8) is 0 Å². The number of carbonyl (C=O) groups excluding carboxylic acids is 1. The van der Waals surface area contributed by atoms with Crippen molar-refractivity contribution in [3.8, 4) is 11.1 Å². The monoisotopic (exact) mass is 545 g/mol. The Morgan fingerprint density at radius 1 is 1.20 bits per heavy atom. The fourth-order valence-electron chi connectivity index (χ4n) is 5.64. The second-order valence-corrected chi connectivity index (χ2v) is 10.6. The summed E-state index contributed by atoms with van der Waals surface area (Å²) in [6.07, 6.45) is 5.01. The third kappa shape index (κ3) is 6.32. The molecule has 0 radical (unpaired) electrons. The van der Waals surface area contributed by atoms with E-state index < -0.39 is 0 Å². The predicted molar refractivity (Wildman–Crippen MR) is 154 cm³/mol. The minimum atomic E-state index is -0.329. The first-order valence-electron chi connectivity index (χ1n) is 13.9. The van der Waals surface area contributed by atoms with E-state index in [1.807, 2.05) is 41.3 Å². The lowest BCUT2D eigenvalue weighted by Gasteiger charge is -2.33. The van der Waals surface area contributed by atoms with Crippen LogP contribution in [0.25, 0.3) is 22.2 Å². The first kappa shape index (κ1) is 27.7. The van der Waals surface area contributed by atoms with Crippen LogP contribution in [-0.4, -0.2) is 58.2 Å². The van der Waals surface area contributed by atoms with Crippen LogP contribution in [-0.2, 0) is 22.5 Å². The highest BCUT2D eigenvalue weighted by Gasteiger charge is 2.29. The summed E-state index contributed by atoms with van der Waals surface area (Å²) >= 11 is 0. The number of nitrogens with one attached hydrogen (secondary N) is 1. The number of likely N-dealkylation sites (tertiary alicyclic amines) is 1. The second-order valence-electron chi connectivity index (χ2n) is 10.6. The molecule has 4 aromatic rings. The van der Waals surface area contributed by atoms with Gasteiger partial charge in [-0.05, 0) is 60.6 Å². The number of carbonyl (C=O) groups is 1. The average Bonchev–Trinajstić information content (AvgIpc) is 3.33. The summed E-state index contributed by atoms with van der Waals surface area (Å²) < 4.78 is 21.9. The molecular weight excluding hydrogens is 509 g/mol. The highest BCUT2D eigenvalue weighted by molar-refractivity contribution is 5.78. The van der Waals surface area contributed by atoms with Crippen LogP contribution in [0.3, 0.4) is 0 Å². The quantitative estimate of drug-likeness (QED) is 0.290. The van der Waals surface area contributed by atoms with Crippen molar-refractivity contribution >= 4 is 16.9 Å². The number of amides is 1. The number of nitrogens with zero attached hydrogens (tertiary/aromatic N) is 3. The average molecular weight is 546 g/mol. The molecule has 210 valence electrons. The number of methoxy groups -OCH3 is 1. The Hall–Kier alpha value is -3.82. The molecule has 8 nitrogen and oxygen atoms in total. The minimum absolute atomic E-state index is 0.0287. The lowest BCUT2D eigenvalue weighted by atomic mass is 9.95. The molecule has 1 aliphatic rings. The number of ether oxygens (including phenoxy) is 1. The molecule has 2 aromatic heterocycles. The maximum Gasteiger partial charge on any atom is 0.248 e. The first-order valence-corrected chi connectivity index (χ1v) is 13.9. The van der Waals surface area contributed by atoms with Crippen molar-refractivity contribution in [3.05, 3.63) is 88.4 Å². The number of hydrogen-bond acceptors (Lipinski definition) is 5. The molecule has 0 aliphatic carbocycles. The molecule has 1 fully saturated rings. The molecule has 0 spiro atoms. The van der Waals surface area contributed by atoms with Crippen molar-refractivity contribution in [1.29, 1.82) is 0 Å². The molecule has 3 N–H and O–H groups in total. The Bertz CT molecular complexity index is 1510. The number of hydrogen-bond donors (Lipinski definition) is 2. The first-order chi connectivity index (χ1) is 19.4. The number of rotatable bonds is 10. The molecule has 0 bridgehead atoms. The lowest BCUT2D eigenvalue weighted by molar-refractivity contribution is -0.132. The summed E-state index contributed by atoms with van der Waals surface area (Å²) in [7, 11) is 1.67. The van der Waals surface area contributed by atoms with Crippen molar-refractivity contribution in [2.45, 2.75) is 50.6 Å². The number of H-pyrrole nitrogens is 1. The Kier molecular flexibility index (Phi) is 8.72. The molecule has 0 unspecified atom stereocenters. The van der Waals surface area contributed by atoms with E-state index in [0.29, 0.717) is 38.2 Å². The lowest BCUT2D eigenvalue weighted by Crippen LogP contribution is -2.42. The molecule has 40 heavy (non-hydrogen) atoms. The van der Waals surface area contributed by atoms with Gasteiger partial charge in [-0.25, -0.2) is 9.37 Å². The fourth-order valence-corrected chi connectivity index (χ4v) is 5.64. The van der Waals surface area contributed by atoms with Crippen LogP contribution in [0.1, 0.15) is 43.0 Å². The standard InChI is InChI=1S/C31H36FN5O3/c1-40-16-4-15-37-27-7-2-6-26(32)30(27)35-31(37)24-5-3-14-36(20-24)29(39)19-25(33)17-21-8-10-22(11-9-21)23-12-13-34-28(38)18-23/h2,6-13,18,24-25H,3-5,14-17,19-20,33H2,1H3,(H,34,38)/t24-,25-/m1/s1. The van der Waals surface area contributed by atoms with Crippen LogP contribution in [0, 0.1) is 5.82 Å². The van der Waals surface area contributed by atoms with Crippen LogP contribution >= 0.6 is 0 Å². The van der Waals surface area contributed by atoms with Crippen molar-refractivity contribution in [2.75, 3.05) is 26.8 Å². The zero-order chi connectivity index (χ0) is 28.1. The number of imidazole rings is 1. The van der Waals surface area contributed by atoms with Crippen LogP contribution in [0.2, 0.25) is 0 Å². The van der Waals surface area contributed by atoms with E-state index in [9.17, 15) is 14.0 Å². The van der Waals surface area contributed by atoms with Crippen LogP contribution in [0.4, 0.5) is 4.39 Å². The Morgan fingerprint density at radius 3 is 2.80 bits per heavy atom. The van der Waals surface area contributed by atoms with Gasteiger partial charge in [0.1, 0.15) is 11.3 Å². The topological polar surface area (TPSA) is 106 Å². The number of aromatic amines is 1. The van der Waals surface area contributed by atoms with E-state index in [2.05, 4.69) is 9.55 Å². The van der Waals surface area contributed by atoms with E-state index >= 15 is 0 Å². The molecule has 9 heteroatoms. The fraction of sp³-hybridized carbons (Fsp3) is 0.387. The molecule has 5 rings (SSSR count). The van der Waals surface area contributed by atoms with Gasteiger partial charge in [0.25, 0.3) is 0 Å². The summed E-state index contributed by atoms with van der Waals surface area (Å²) in [5, 5.41) is 0. The Balaban J connectivity index is 1.23. The normalized spacial score (nSPS) is 16.4. The van der Waals surface area contributed by atoms with Gasteiger partial charge in [0.05, 0.1) is 5.52 Å². The van der Waals surface area contributed by atoms with Crippen molar-refractivity contribution < 1.29 is 13.9 Å². The zero-order valence-electron chi connectivity index (χ0n) is 22.8. The maximum atomic E-state index is 14.6. The predicted octanol–water partition coefficient (Wildman–Crippen LogP) is 4.23. The van der Waals surface area contributed by atoms with Crippen LogP contribution in [0.5, 0.6) is 0 Å². The molecule has 0 saturated carbocycles. The summed E-state index contributed by atoms with van der Waals surface area (Å²) in [4.78, 5) is 34.1. The molecule has 2 aromatic carbocycles. The van der Waals surface area contributed by atoms with E-state index in [1.54, 1.807) is 25.4 Å². The number of pyridine rings is 1. The number of halogens is 1. The van der Waals surface area contributed by atoms with E-state index in [4.69, 9.17) is 15.5 Å². The Morgan fingerprint density at radius 2 is 2.02 bits per heavy atom. The molecule has 3 heterocycles. The largest absolute Gasteiger partial charge is 0.385 e. The van der Waals surface area contributed by atoms with Gasteiger partial charge in [-0.15, -0.1) is 0 Å². The number of fused-ring (bicyclic) bond motifs is 1.